The predicted molar refractivity (Wildman–Crippen MR) is 124 cm³/mol. The molecule has 0 fully saturated rings. The number of hydrogen-bond acceptors (Lipinski definition) is 2. The smallest absolute Gasteiger partial charge is 0.257 e. The van der Waals surface area contributed by atoms with E-state index in [4.69, 9.17) is 0 Å². The monoisotopic (exact) mass is 415 g/mol. The van der Waals surface area contributed by atoms with E-state index in [-0.39, 0.29) is 17.6 Å². The summed E-state index contributed by atoms with van der Waals surface area (Å²) in [6.45, 7) is 4.18. The number of amides is 1. The van der Waals surface area contributed by atoms with Gasteiger partial charge in [0, 0.05) is 21.0 Å². The Labute approximate surface area is 180 Å². The first-order valence-electron chi connectivity index (χ1n) is 9.89. The molecule has 1 N–H and O–H groups in total. The van der Waals surface area contributed by atoms with Crippen molar-refractivity contribution in [3.8, 4) is 21.6 Å². The van der Waals surface area contributed by atoms with Crippen LogP contribution in [0.2, 0.25) is 0 Å². The van der Waals surface area contributed by atoms with E-state index in [0.717, 1.165) is 32.1 Å². The van der Waals surface area contributed by atoms with Gasteiger partial charge in [-0.15, -0.1) is 11.3 Å². The summed E-state index contributed by atoms with van der Waals surface area (Å²) in [6.07, 6.45) is 0. The largest absolute Gasteiger partial charge is 0.322 e. The van der Waals surface area contributed by atoms with Gasteiger partial charge in [0.15, 0.2) is 0 Å². The van der Waals surface area contributed by atoms with Crippen LogP contribution in [0, 0.1) is 5.82 Å². The van der Waals surface area contributed by atoms with Crippen molar-refractivity contribution in [1.29, 1.82) is 0 Å². The van der Waals surface area contributed by atoms with Crippen LogP contribution in [0.25, 0.3) is 21.6 Å². The average Bonchev–Trinajstić information content (AvgIpc) is 3.17. The summed E-state index contributed by atoms with van der Waals surface area (Å²) >= 11 is 1.60. The van der Waals surface area contributed by atoms with Gasteiger partial charge in [-0.1, -0.05) is 74.5 Å². The number of thiophene rings is 1. The van der Waals surface area contributed by atoms with Crippen molar-refractivity contribution in [2.45, 2.75) is 19.8 Å². The maximum Gasteiger partial charge on any atom is 0.257 e. The maximum absolute atomic E-state index is 13.5. The Hall–Kier alpha value is -3.24. The van der Waals surface area contributed by atoms with E-state index in [9.17, 15) is 9.18 Å². The Morgan fingerprint density at radius 2 is 1.43 bits per heavy atom. The van der Waals surface area contributed by atoms with Crippen LogP contribution in [-0.4, -0.2) is 5.91 Å². The summed E-state index contributed by atoms with van der Waals surface area (Å²) in [7, 11) is 0. The van der Waals surface area contributed by atoms with Crippen molar-refractivity contribution < 1.29 is 9.18 Å². The highest BCUT2D eigenvalue weighted by atomic mass is 32.1. The minimum absolute atomic E-state index is 0.131. The maximum atomic E-state index is 13.5. The van der Waals surface area contributed by atoms with E-state index in [2.05, 4.69) is 19.2 Å². The first-order valence-corrected chi connectivity index (χ1v) is 10.7. The van der Waals surface area contributed by atoms with Gasteiger partial charge in [-0.3, -0.25) is 4.79 Å². The summed E-state index contributed by atoms with van der Waals surface area (Å²) in [6, 6.07) is 25.9. The molecule has 4 rings (SSSR count). The van der Waals surface area contributed by atoms with Crippen LogP contribution >= 0.6 is 11.3 Å². The molecular formula is C26H22FNOS. The van der Waals surface area contributed by atoms with Crippen molar-refractivity contribution in [2.75, 3.05) is 5.32 Å². The zero-order chi connectivity index (χ0) is 21.1. The molecule has 2 nitrogen and oxygen atoms in total. The Balaban J connectivity index is 1.93. The molecule has 4 heteroatoms. The molecule has 30 heavy (non-hydrogen) atoms. The van der Waals surface area contributed by atoms with Crippen LogP contribution < -0.4 is 5.32 Å². The van der Waals surface area contributed by atoms with Gasteiger partial charge in [-0.25, -0.2) is 4.39 Å². The number of halogens is 1. The number of para-hydroxylation sites is 1. The number of rotatable bonds is 5. The van der Waals surface area contributed by atoms with Crippen molar-refractivity contribution in [2.24, 2.45) is 0 Å². The van der Waals surface area contributed by atoms with E-state index in [0.29, 0.717) is 5.56 Å². The molecule has 0 bridgehead atoms. The van der Waals surface area contributed by atoms with Gasteiger partial charge < -0.3 is 5.32 Å². The number of carbonyl (C=O) groups excluding carboxylic acids is 1. The van der Waals surface area contributed by atoms with Crippen LogP contribution in [0.5, 0.6) is 0 Å². The van der Waals surface area contributed by atoms with Gasteiger partial charge >= 0.3 is 0 Å². The highest BCUT2D eigenvalue weighted by Crippen LogP contribution is 2.46. The fraction of sp³-hybridized carbons (Fsp3) is 0.115. The third-order valence-electron chi connectivity index (χ3n) is 4.89. The molecule has 1 heterocycles. The summed E-state index contributed by atoms with van der Waals surface area (Å²) in [5, 5.41) is 3.05. The second-order valence-electron chi connectivity index (χ2n) is 7.39. The molecule has 0 unspecified atom stereocenters. The molecule has 1 amide bonds. The van der Waals surface area contributed by atoms with Crippen LogP contribution in [0.1, 0.15) is 35.0 Å². The van der Waals surface area contributed by atoms with Crippen molar-refractivity contribution in [3.05, 3.63) is 101 Å². The number of carbonyl (C=O) groups is 1. The van der Waals surface area contributed by atoms with Crippen LogP contribution in [0.3, 0.4) is 0 Å². The highest BCUT2D eigenvalue weighted by molar-refractivity contribution is 7.16. The zero-order valence-electron chi connectivity index (χ0n) is 16.9. The van der Waals surface area contributed by atoms with Crippen LogP contribution in [0.15, 0.2) is 84.9 Å². The lowest BCUT2D eigenvalue weighted by Crippen LogP contribution is -2.14. The minimum atomic E-state index is -0.275. The molecule has 0 aliphatic carbocycles. The summed E-state index contributed by atoms with van der Waals surface area (Å²) in [5.74, 6) is -0.237. The van der Waals surface area contributed by atoms with E-state index >= 15 is 0 Å². The fourth-order valence-electron chi connectivity index (χ4n) is 3.48. The molecule has 0 saturated carbocycles. The van der Waals surface area contributed by atoms with Crippen LogP contribution in [0.4, 0.5) is 10.1 Å². The van der Waals surface area contributed by atoms with E-state index in [1.54, 1.807) is 23.5 Å². The molecule has 150 valence electrons. The summed E-state index contributed by atoms with van der Waals surface area (Å²) < 4.78 is 13.5. The lowest BCUT2D eigenvalue weighted by atomic mass is 9.94. The zero-order valence-corrected chi connectivity index (χ0v) is 17.7. The lowest BCUT2D eigenvalue weighted by Gasteiger charge is -2.12. The second-order valence-corrected chi connectivity index (χ2v) is 8.45. The number of nitrogens with one attached hydrogen (secondary N) is 1. The van der Waals surface area contributed by atoms with E-state index < -0.39 is 0 Å². The quantitative estimate of drug-likeness (QED) is 0.357. The molecule has 4 aromatic rings. The van der Waals surface area contributed by atoms with Gasteiger partial charge in [0.1, 0.15) is 5.82 Å². The molecule has 0 aliphatic heterocycles. The second kappa shape index (κ2) is 8.64. The van der Waals surface area contributed by atoms with Crippen molar-refractivity contribution in [3.63, 3.8) is 0 Å². The minimum Gasteiger partial charge on any atom is -0.322 e. The fourth-order valence-corrected chi connectivity index (χ4v) is 4.81. The summed E-state index contributed by atoms with van der Waals surface area (Å²) in [4.78, 5) is 15.5. The van der Waals surface area contributed by atoms with Gasteiger partial charge in [0.25, 0.3) is 5.91 Å². The predicted octanol–water partition coefficient (Wildman–Crippen LogP) is 7.60. The molecule has 1 aromatic heterocycles. The van der Waals surface area contributed by atoms with E-state index in [1.165, 1.54) is 12.1 Å². The number of anilines is 1. The standard InChI is InChI=1S/C26H22FNOS/c1-17(2)24-23(26(29)28-21-11-7-4-8-12-21)22(18-9-5-3-6-10-18)25(30-24)19-13-15-20(27)16-14-19/h3-17H,1-2H3,(H,28,29). The molecule has 0 saturated heterocycles. The number of hydrogen-bond donors (Lipinski definition) is 1. The topological polar surface area (TPSA) is 29.1 Å². The molecule has 3 aromatic carbocycles. The molecule has 0 atom stereocenters. The van der Waals surface area contributed by atoms with Crippen molar-refractivity contribution in [1.82, 2.24) is 0 Å². The molecular weight excluding hydrogens is 393 g/mol. The number of benzene rings is 3. The average molecular weight is 416 g/mol. The van der Waals surface area contributed by atoms with Crippen LogP contribution in [-0.2, 0) is 0 Å². The highest BCUT2D eigenvalue weighted by Gasteiger charge is 2.27. The van der Waals surface area contributed by atoms with E-state index in [1.807, 2.05) is 60.7 Å². The first kappa shape index (κ1) is 20.0. The third kappa shape index (κ3) is 4.05. The molecule has 0 radical (unpaired) electrons. The first-order chi connectivity index (χ1) is 14.5. The van der Waals surface area contributed by atoms with Gasteiger partial charge in [-0.05, 0) is 41.3 Å². The van der Waals surface area contributed by atoms with Crippen molar-refractivity contribution >= 4 is 22.9 Å². The normalized spacial score (nSPS) is 10.9. The SMILES string of the molecule is CC(C)c1sc(-c2ccc(F)cc2)c(-c2ccccc2)c1C(=O)Nc1ccccc1. The Morgan fingerprint density at radius 3 is 2.03 bits per heavy atom. The van der Waals surface area contributed by atoms with Gasteiger partial charge in [-0.2, -0.15) is 0 Å². The lowest BCUT2D eigenvalue weighted by molar-refractivity contribution is 0.102. The molecule has 0 spiro atoms. The van der Waals surface area contributed by atoms with Gasteiger partial charge in [0.2, 0.25) is 0 Å². The Kier molecular flexibility index (Phi) is 5.77. The molecule has 0 aliphatic rings. The Bertz CT molecular complexity index is 1150. The summed E-state index contributed by atoms with van der Waals surface area (Å²) in [5.41, 5.74) is 4.21. The third-order valence-corrected chi connectivity index (χ3v) is 6.43. The Morgan fingerprint density at radius 1 is 0.833 bits per heavy atom. The van der Waals surface area contributed by atoms with Gasteiger partial charge in [0.05, 0.1) is 5.56 Å².